The molecule has 0 aromatic heterocycles. The van der Waals surface area contributed by atoms with Crippen molar-refractivity contribution < 1.29 is 35.1 Å². The summed E-state index contributed by atoms with van der Waals surface area (Å²) in [7, 11) is 0. The van der Waals surface area contributed by atoms with Crippen molar-refractivity contribution in [2.75, 3.05) is 0 Å². The van der Waals surface area contributed by atoms with Crippen LogP contribution in [-0.2, 0) is 12.8 Å². The Bertz CT molecular complexity index is 1450. The molecule has 0 saturated carbocycles. The van der Waals surface area contributed by atoms with E-state index in [9.17, 15) is 35.1 Å². The number of rotatable bonds is 6. The molecule has 0 atom stereocenters. The average molecular weight is 518 g/mol. The SMILES string of the molecule is CC(F)=C(F)c1ccc(-c2ccc(CCc3cc(F)c(-c4cc(F)c(F)c(F)c4)c(F)c3)cc2)c(F)c1. The molecule has 0 aliphatic carbocycles. The standard InChI is InChI=1S/C29H18F8/c1-15(30)28(36)19-8-9-21(22(31)12-19)18-6-4-16(5-7-18)2-3-17-10-23(32)27(24(33)11-17)20-13-25(34)29(37)26(35)14-20/h4-14H,2-3H2,1H3. The molecule has 0 radical (unpaired) electrons. The third-order valence-corrected chi connectivity index (χ3v) is 5.87. The monoisotopic (exact) mass is 518 g/mol. The van der Waals surface area contributed by atoms with Gasteiger partial charge in [-0.15, -0.1) is 0 Å². The molecule has 0 fully saturated rings. The lowest BCUT2D eigenvalue weighted by atomic mass is 9.97. The van der Waals surface area contributed by atoms with Gasteiger partial charge in [-0.05, 0) is 72.4 Å². The largest absolute Gasteiger partial charge is 0.209 e. The lowest BCUT2D eigenvalue weighted by molar-refractivity contribution is 0.447. The molecule has 0 heterocycles. The summed E-state index contributed by atoms with van der Waals surface area (Å²) in [6.07, 6.45) is 0.586. The van der Waals surface area contributed by atoms with Crippen LogP contribution in [0.2, 0.25) is 0 Å². The van der Waals surface area contributed by atoms with Crippen molar-refractivity contribution in [1.29, 1.82) is 0 Å². The van der Waals surface area contributed by atoms with Gasteiger partial charge in [-0.3, -0.25) is 0 Å². The van der Waals surface area contributed by atoms with Crippen LogP contribution in [0.5, 0.6) is 0 Å². The van der Waals surface area contributed by atoms with E-state index in [1.165, 1.54) is 12.1 Å². The Morgan fingerprint density at radius 3 is 1.68 bits per heavy atom. The molecule has 0 aliphatic heterocycles. The molecule has 8 heteroatoms. The van der Waals surface area contributed by atoms with Gasteiger partial charge in [-0.25, -0.2) is 35.1 Å². The fourth-order valence-electron chi connectivity index (χ4n) is 3.97. The molecule has 4 aromatic carbocycles. The predicted octanol–water partition coefficient (Wildman–Crippen LogP) is 9.27. The van der Waals surface area contributed by atoms with Gasteiger partial charge in [0.2, 0.25) is 0 Å². The molecule has 0 bridgehead atoms. The molecule has 37 heavy (non-hydrogen) atoms. The molecule has 0 spiro atoms. The Labute approximate surface area is 207 Å². The maximum atomic E-state index is 14.6. The van der Waals surface area contributed by atoms with E-state index in [0.717, 1.165) is 30.7 Å². The summed E-state index contributed by atoms with van der Waals surface area (Å²) < 4.78 is 111. The number of hydrogen-bond acceptors (Lipinski definition) is 0. The first-order valence-electron chi connectivity index (χ1n) is 11.1. The second kappa shape index (κ2) is 10.6. The van der Waals surface area contributed by atoms with Crippen LogP contribution in [0.4, 0.5) is 35.1 Å². The Hall–Kier alpha value is -3.94. The zero-order valence-electron chi connectivity index (χ0n) is 19.3. The zero-order chi connectivity index (χ0) is 26.9. The quantitative estimate of drug-likeness (QED) is 0.176. The second-order valence-electron chi connectivity index (χ2n) is 8.43. The van der Waals surface area contributed by atoms with Crippen LogP contribution in [0, 0.1) is 34.9 Å². The summed E-state index contributed by atoms with van der Waals surface area (Å²) in [4.78, 5) is 0. The topological polar surface area (TPSA) is 0 Å². The van der Waals surface area contributed by atoms with Gasteiger partial charge in [0.05, 0.1) is 5.56 Å². The molecule has 190 valence electrons. The fourth-order valence-corrected chi connectivity index (χ4v) is 3.97. The number of hydrogen-bond donors (Lipinski definition) is 0. The van der Waals surface area contributed by atoms with Crippen LogP contribution in [0.15, 0.2) is 72.6 Å². The van der Waals surface area contributed by atoms with Crippen LogP contribution in [0.25, 0.3) is 28.1 Å². The van der Waals surface area contributed by atoms with Crippen LogP contribution in [-0.4, -0.2) is 0 Å². The molecule has 0 N–H and O–H groups in total. The molecule has 0 saturated heterocycles. The Balaban J connectivity index is 1.49. The minimum atomic E-state index is -1.73. The molecule has 4 rings (SSSR count). The summed E-state index contributed by atoms with van der Waals surface area (Å²) in [6, 6.07) is 13.3. The summed E-state index contributed by atoms with van der Waals surface area (Å²) >= 11 is 0. The van der Waals surface area contributed by atoms with Gasteiger partial charge in [0.1, 0.15) is 23.3 Å². The number of aryl methyl sites for hydroxylation is 2. The van der Waals surface area contributed by atoms with Gasteiger partial charge in [-0.1, -0.05) is 36.4 Å². The smallest absolute Gasteiger partial charge is 0.194 e. The Morgan fingerprint density at radius 1 is 0.568 bits per heavy atom. The van der Waals surface area contributed by atoms with Crippen LogP contribution in [0.3, 0.4) is 0 Å². The van der Waals surface area contributed by atoms with E-state index < -0.39 is 57.7 Å². The van der Waals surface area contributed by atoms with Gasteiger partial charge in [0.25, 0.3) is 0 Å². The first-order valence-corrected chi connectivity index (χ1v) is 11.1. The van der Waals surface area contributed by atoms with E-state index in [1.54, 1.807) is 24.3 Å². The molecular weight excluding hydrogens is 500 g/mol. The van der Waals surface area contributed by atoms with Crippen molar-refractivity contribution in [3.05, 3.63) is 124 Å². The molecule has 0 nitrogen and oxygen atoms in total. The van der Waals surface area contributed by atoms with Crippen LogP contribution >= 0.6 is 0 Å². The summed E-state index contributed by atoms with van der Waals surface area (Å²) in [5, 5.41) is 0. The highest BCUT2D eigenvalue weighted by Gasteiger charge is 2.18. The van der Waals surface area contributed by atoms with E-state index in [-0.39, 0.29) is 23.1 Å². The van der Waals surface area contributed by atoms with Gasteiger partial charge in [-0.2, -0.15) is 0 Å². The number of halogens is 8. The van der Waals surface area contributed by atoms with Crippen molar-refractivity contribution in [1.82, 2.24) is 0 Å². The van der Waals surface area contributed by atoms with Crippen LogP contribution < -0.4 is 0 Å². The summed E-state index contributed by atoms with van der Waals surface area (Å²) in [5.41, 5.74) is 0.393. The van der Waals surface area contributed by atoms with Crippen molar-refractivity contribution in [2.45, 2.75) is 19.8 Å². The molecule has 0 unspecified atom stereocenters. The van der Waals surface area contributed by atoms with Crippen molar-refractivity contribution in [3.63, 3.8) is 0 Å². The average Bonchev–Trinajstić information content (AvgIpc) is 2.85. The normalized spacial score (nSPS) is 12.0. The lowest BCUT2D eigenvalue weighted by Gasteiger charge is -2.10. The third kappa shape index (κ3) is 5.58. The highest BCUT2D eigenvalue weighted by molar-refractivity contribution is 5.69. The first-order chi connectivity index (χ1) is 17.5. The summed E-state index contributed by atoms with van der Waals surface area (Å²) in [5.74, 6) is -9.87. The molecule has 4 aromatic rings. The highest BCUT2D eigenvalue weighted by Crippen LogP contribution is 2.31. The predicted molar refractivity (Wildman–Crippen MR) is 126 cm³/mol. The minimum absolute atomic E-state index is 0.188. The van der Waals surface area contributed by atoms with Gasteiger partial charge < -0.3 is 0 Å². The van der Waals surface area contributed by atoms with E-state index in [4.69, 9.17) is 0 Å². The zero-order valence-corrected chi connectivity index (χ0v) is 19.3. The van der Waals surface area contributed by atoms with E-state index in [2.05, 4.69) is 0 Å². The lowest BCUT2D eigenvalue weighted by Crippen LogP contribution is -1.99. The van der Waals surface area contributed by atoms with Gasteiger partial charge in [0.15, 0.2) is 23.3 Å². The molecule has 0 amide bonds. The van der Waals surface area contributed by atoms with E-state index >= 15 is 0 Å². The van der Waals surface area contributed by atoms with E-state index in [0.29, 0.717) is 24.1 Å². The maximum Gasteiger partial charge on any atom is 0.194 e. The van der Waals surface area contributed by atoms with Crippen molar-refractivity contribution >= 4 is 5.83 Å². The van der Waals surface area contributed by atoms with E-state index in [1.807, 2.05) is 0 Å². The van der Waals surface area contributed by atoms with Gasteiger partial charge >= 0.3 is 0 Å². The van der Waals surface area contributed by atoms with Gasteiger partial charge in [0, 0.05) is 11.1 Å². The Morgan fingerprint density at radius 2 is 1.14 bits per heavy atom. The van der Waals surface area contributed by atoms with Crippen molar-refractivity contribution in [2.24, 2.45) is 0 Å². The van der Waals surface area contributed by atoms with Crippen LogP contribution in [0.1, 0.15) is 23.6 Å². The number of allylic oxidation sites excluding steroid dienone is 1. The molecular formula is C29H18F8. The number of benzene rings is 4. The summed E-state index contributed by atoms with van der Waals surface area (Å²) in [6.45, 7) is 0.935. The highest BCUT2D eigenvalue weighted by atomic mass is 19.2. The van der Waals surface area contributed by atoms with Crippen molar-refractivity contribution in [3.8, 4) is 22.3 Å². The molecule has 0 aliphatic rings. The first kappa shape index (κ1) is 26.1. The maximum absolute atomic E-state index is 14.6. The Kier molecular flexibility index (Phi) is 7.47. The third-order valence-electron chi connectivity index (χ3n) is 5.87. The second-order valence-corrected chi connectivity index (χ2v) is 8.43. The fraction of sp³-hybridized carbons (Fsp3) is 0.103. The minimum Gasteiger partial charge on any atom is -0.209 e.